The first kappa shape index (κ1) is 21.2. The first-order chi connectivity index (χ1) is 13.9. The Hall–Kier alpha value is -2.48. The molecule has 0 bridgehead atoms. The number of amides is 2. The number of urea groups is 1. The van der Waals surface area contributed by atoms with Crippen molar-refractivity contribution in [2.24, 2.45) is 5.73 Å². The summed E-state index contributed by atoms with van der Waals surface area (Å²) in [6, 6.07) is 14.4. The Kier molecular flexibility index (Phi) is 7.19. The molecule has 29 heavy (non-hydrogen) atoms. The van der Waals surface area contributed by atoms with E-state index in [9.17, 15) is 9.90 Å². The number of anilines is 2. The highest BCUT2D eigenvalue weighted by atomic mass is 35.5. The summed E-state index contributed by atoms with van der Waals surface area (Å²) in [7, 11) is 0. The molecule has 0 radical (unpaired) electrons. The second-order valence-electron chi connectivity index (χ2n) is 7.24. The molecule has 3 rings (SSSR count). The fourth-order valence-electron chi connectivity index (χ4n) is 3.45. The van der Waals surface area contributed by atoms with E-state index in [-0.39, 0.29) is 6.61 Å². The molecule has 0 unspecified atom stereocenters. The topological polar surface area (TPSA) is 91.1 Å². The lowest BCUT2D eigenvalue weighted by Crippen LogP contribution is -2.54. The van der Waals surface area contributed by atoms with Crippen LogP contribution in [0.3, 0.4) is 0 Å². The van der Waals surface area contributed by atoms with Crippen LogP contribution in [0.5, 0.6) is 5.75 Å². The van der Waals surface area contributed by atoms with Crippen molar-refractivity contribution < 1.29 is 14.6 Å². The van der Waals surface area contributed by atoms with Gasteiger partial charge in [-0.2, -0.15) is 0 Å². The van der Waals surface area contributed by atoms with Gasteiger partial charge in [-0.3, -0.25) is 4.90 Å². The van der Waals surface area contributed by atoms with Crippen LogP contribution in [-0.4, -0.2) is 61.0 Å². The SMILES string of the molecule is C[C@@H]1CN(c2ccc(Cl)cc2)CCN1C[C@@H](O)COc1ccc(NC(N)=O)cc1. The third kappa shape index (κ3) is 6.25. The van der Waals surface area contributed by atoms with Gasteiger partial charge in [-0.1, -0.05) is 11.6 Å². The van der Waals surface area contributed by atoms with E-state index in [0.29, 0.717) is 24.0 Å². The second-order valence-corrected chi connectivity index (χ2v) is 7.68. The summed E-state index contributed by atoms with van der Waals surface area (Å²) >= 11 is 5.97. The molecule has 1 heterocycles. The van der Waals surface area contributed by atoms with Gasteiger partial charge in [0.05, 0.1) is 0 Å². The van der Waals surface area contributed by atoms with Crippen LogP contribution in [0.4, 0.5) is 16.2 Å². The zero-order valence-electron chi connectivity index (χ0n) is 16.4. The number of carbonyl (C=O) groups excluding carboxylic acids is 1. The predicted octanol–water partition coefficient (Wildman–Crippen LogP) is 2.78. The number of nitrogens with two attached hydrogens (primary N) is 1. The fourth-order valence-corrected chi connectivity index (χ4v) is 3.57. The molecule has 0 spiro atoms. The highest BCUT2D eigenvalue weighted by Gasteiger charge is 2.25. The number of nitrogens with zero attached hydrogens (tertiary/aromatic N) is 2. The summed E-state index contributed by atoms with van der Waals surface area (Å²) in [5.41, 5.74) is 6.84. The molecule has 2 aromatic carbocycles. The molecule has 2 atom stereocenters. The predicted molar refractivity (Wildman–Crippen MR) is 116 cm³/mol. The van der Waals surface area contributed by atoms with Crippen LogP contribution in [-0.2, 0) is 0 Å². The maximum atomic E-state index is 10.8. The molecule has 2 amide bonds. The van der Waals surface area contributed by atoms with Crippen LogP contribution in [0.15, 0.2) is 48.5 Å². The molecule has 0 aliphatic carbocycles. The molecule has 8 heteroatoms. The van der Waals surface area contributed by atoms with Crippen LogP contribution in [0.25, 0.3) is 0 Å². The van der Waals surface area contributed by atoms with Gasteiger partial charge in [0.1, 0.15) is 18.5 Å². The van der Waals surface area contributed by atoms with Gasteiger partial charge in [0, 0.05) is 48.6 Å². The highest BCUT2D eigenvalue weighted by molar-refractivity contribution is 6.30. The van der Waals surface area contributed by atoms with Crippen molar-refractivity contribution in [1.82, 2.24) is 4.90 Å². The minimum absolute atomic E-state index is 0.201. The molecular formula is C21H27ClN4O3. The Morgan fingerprint density at radius 1 is 1.24 bits per heavy atom. The molecule has 2 aromatic rings. The van der Waals surface area contributed by atoms with Gasteiger partial charge in [-0.25, -0.2) is 4.79 Å². The van der Waals surface area contributed by atoms with E-state index in [1.807, 2.05) is 24.3 Å². The van der Waals surface area contributed by atoms with E-state index in [4.69, 9.17) is 22.1 Å². The van der Waals surface area contributed by atoms with E-state index in [2.05, 4.69) is 22.0 Å². The quantitative estimate of drug-likeness (QED) is 0.643. The average molecular weight is 419 g/mol. The second kappa shape index (κ2) is 9.82. The third-order valence-electron chi connectivity index (χ3n) is 4.97. The van der Waals surface area contributed by atoms with Crippen molar-refractivity contribution >= 4 is 29.0 Å². The van der Waals surface area contributed by atoms with Gasteiger partial charge in [-0.05, 0) is 55.5 Å². The van der Waals surface area contributed by atoms with Crippen molar-refractivity contribution in [3.8, 4) is 5.75 Å². The summed E-state index contributed by atoms with van der Waals surface area (Å²) in [6.45, 7) is 5.58. The van der Waals surface area contributed by atoms with Gasteiger partial charge >= 0.3 is 6.03 Å². The van der Waals surface area contributed by atoms with E-state index < -0.39 is 12.1 Å². The lowest BCUT2D eigenvalue weighted by Gasteiger charge is -2.41. The van der Waals surface area contributed by atoms with E-state index >= 15 is 0 Å². The molecule has 0 saturated carbocycles. The molecule has 4 N–H and O–H groups in total. The minimum Gasteiger partial charge on any atom is -0.491 e. The average Bonchev–Trinajstić information content (AvgIpc) is 2.69. The highest BCUT2D eigenvalue weighted by Crippen LogP contribution is 2.22. The number of piperazine rings is 1. The molecular weight excluding hydrogens is 392 g/mol. The number of halogens is 1. The largest absolute Gasteiger partial charge is 0.491 e. The van der Waals surface area contributed by atoms with Crippen molar-refractivity contribution in [2.75, 3.05) is 43.0 Å². The zero-order chi connectivity index (χ0) is 20.8. The number of primary amides is 1. The Bertz CT molecular complexity index is 801. The number of hydrogen-bond acceptors (Lipinski definition) is 5. The molecule has 1 saturated heterocycles. The Labute approximate surface area is 176 Å². The number of aliphatic hydroxyl groups excluding tert-OH is 1. The Morgan fingerprint density at radius 3 is 2.55 bits per heavy atom. The number of β-amino-alcohol motifs (C(OH)–C–C–N with tert-alkyl or cyclic N) is 1. The van der Waals surface area contributed by atoms with Gasteiger partial charge in [0.15, 0.2) is 0 Å². The number of nitrogens with one attached hydrogen (secondary N) is 1. The summed E-state index contributed by atoms with van der Waals surface area (Å²) in [6.07, 6.45) is -0.594. The van der Waals surface area contributed by atoms with Crippen molar-refractivity contribution in [3.63, 3.8) is 0 Å². The maximum absolute atomic E-state index is 10.8. The number of carbonyl (C=O) groups is 1. The Balaban J connectivity index is 1.44. The van der Waals surface area contributed by atoms with Crippen molar-refractivity contribution in [3.05, 3.63) is 53.6 Å². The van der Waals surface area contributed by atoms with Crippen LogP contribution >= 0.6 is 11.6 Å². The standard InChI is InChI=1S/C21H27ClN4O3/c1-15-12-26(18-6-2-16(22)3-7-18)11-10-25(15)13-19(27)14-29-20-8-4-17(5-9-20)24-21(23)28/h2-9,15,19,27H,10-14H2,1H3,(H3,23,24,28)/t15-,19-/m1/s1. The van der Waals surface area contributed by atoms with Crippen molar-refractivity contribution in [1.29, 1.82) is 0 Å². The molecule has 1 fully saturated rings. The lowest BCUT2D eigenvalue weighted by atomic mass is 10.1. The number of benzene rings is 2. The Morgan fingerprint density at radius 2 is 1.93 bits per heavy atom. The fraction of sp³-hybridized carbons (Fsp3) is 0.381. The molecule has 0 aromatic heterocycles. The van der Waals surface area contributed by atoms with E-state index in [0.717, 1.165) is 24.7 Å². The summed E-state index contributed by atoms with van der Waals surface area (Å²) in [5, 5.41) is 13.6. The lowest BCUT2D eigenvalue weighted by molar-refractivity contribution is 0.0512. The zero-order valence-corrected chi connectivity index (χ0v) is 17.2. The first-order valence-electron chi connectivity index (χ1n) is 9.62. The van der Waals surface area contributed by atoms with E-state index in [1.54, 1.807) is 24.3 Å². The molecule has 1 aliphatic heterocycles. The van der Waals surface area contributed by atoms with Gasteiger partial charge in [0.25, 0.3) is 0 Å². The summed E-state index contributed by atoms with van der Waals surface area (Å²) in [4.78, 5) is 15.4. The number of hydrogen-bond donors (Lipinski definition) is 3. The molecule has 156 valence electrons. The minimum atomic E-state index is -0.612. The van der Waals surface area contributed by atoms with Gasteiger partial charge < -0.3 is 25.8 Å². The smallest absolute Gasteiger partial charge is 0.316 e. The van der Waals surface area contributed by atoms with Crippen LogP contribution in [0.1, 0.15) is 6.92 Å². The summed E-state index contributed by atoms with van der Waals surface area (Å²) < 4.78 is 5.66. The monoisotopic (exact) mass is 418 g/mol. The summed E-state index contributed by atoms with van der Waals surface area (Å²) in [5.74, 6) is 0.625. The van der Waals surface area contributed by atoms with Crippen LogP contribution in [0, 0.1) is 0 Å². The number of ether oxygens (including phenoxy) is 1. The van der Waals surface area contributed by atoms with Crippen molar-refractivity contribution in [2.45, 2.75) is 19.1 Å². The number of rotatable bonds is 7. The maximum Gasteiger partial charge on any atom is 0.316 e. The van der Waals surface area contributed by atoms with Crippen LogP contribution in [0.2, 0.25) is 5.02 Å². The van der Waals surface area contributed by atoms with Gasteiger partial charge in [0.2, 0.25) is 0 Å². The molecule has 1 aliphatic rings. The normalized spacial score (nSPS) is 18.3. The third-order valence-corrected chi connectivity index (χ3v) is 5.22. The van der Waals surface area contributed by atoms with E-state index in [1.165, 1.54) is 5.69 Å². The first-order valence-corrected chi connectivity index (χ1v) is 10.0. The molecule has 7 nitrogen and oxygen atoms in total. The van der Waals surface area contributed by atoms with Crippen LogP contribution < -0.4 is 20.7 Å². The van der Waals surface area contributed by atoms with Gasteiger partial charge in [-0.15, -0.1) is 0 Å². The number of aliphatic hydroxyl groups is 1.